The van der Waals surface area contributed by atoms with E-state index in [1.807, 2.05) is 6.92 Å². The molecule has 0 aromatic carbocycles. The zero-order chi connectivity index (χ0) is 13.7. The number of hydrogen-bond acceptors (Lipinski definition) is 3. The Bertz CT molecular complexity index is 321. The molecule has 0 radical (unpaired) electrons. The first-order valence-corrected chi connectivity index (χ1v) is 7.46. The van der Waals surface area contributed by atoms with Crippen molar-refractivity contribution in [3.05, 3.63) is 0 Å². The van der Waals surface area contributed by atoms with Crippen LogP contribution in [0.25, 0.3) is 0 Å². The molecule has 0 aromatic rings. The topological polar surface area (TPSA) is 70.2 Å². The lowest BCUT2D eigenvalue weighted by Gasteiger charge is -2.28. The zero-order valence-corrected chi connectivity index (χ0v) is 11.7. The first kappa shape index (κ1) is 14.3. The average molecular weight is 267 g/mol. The molecule has 5 heteroatoms. The molecular formula is C14H25N3O2. The molecule has 19 heavy (non-hydrogen) atoms. The van der Waals surface area contributed by atoms with Gasteiger partial charge < -0.3 is 16.0 Å². The van der Waals surface area contributed by atoms with Crippen molar-refractivity contribution < 1.29 is 9.59 Å². The predicted octanol–water partition coefficient (Wildman–Crippen LogP) is 0.549. The molecule has 2 amide bonds. The summed E-state index contributed by atoms with van der Waals surface area (Å²) in [7, 11) is 0. The number of carbonyl (C=O) groups excluding carboxylic acids is 2. The lowest BCUT2D eigenvalue weighted by molar-refractivity contribution is -0.123. The van der Waals surface area contributed by atoms with Gasteiger partial charge in [0.25, 0.3) is 0 Å². The van der Waals surface area contributed by atoms with Gasteiger partial charge in [-0.1, -0.05) is 0 Å². The lowest BCUT2D eigenvalue weighted by atomic mass is 9.89. The van der Waals surface area contributed by atoms with Gasteiger partial charge in [0.2, 0.25) is 11.8 Å². The number of carbonyl (C=O) groups is 2. The van der Waals surface area contributed by atoms with E-state index in [2.05, 4.69) is 16.0 Å². The number of hydrogen-bond donors (Lipinski definition) is 3. The van der Waals surface area contributed by atoms with Crippen molar-refractivity contribution in [3.63, 3.8) is 0 Å². The molecule has 2 aliphatic rings. The molecule has 0 saturated carbocycles. The fourth-order valence-corrected chi connectivity index (χ4v) is 3.28. The van der Waals surface area contributed by atoms with Gasteiger partial charge in [-0.2, -0.15) is 0 Å². The molecule has 3 N–H and O–H groups in total. The molecule has 2 bridgehead atoms. The molecule has 0 spiro atoms. The Morgan fingerprint density at radius 3 is 2.42 bits per heavy atom. The van der Waals surface area contributed by atoms with Crippen LogP contribution < -0.4 is 16.0 Å². The van der Waals surface area contributed by atoms with E-state index in [0.29, 0.717) is 43.9 Å². The normalized spacial score (nSPS) is 29.0. The van der Waals surface area contributed by atoms with E-state index in [1.165, 1.54) is 12.8 Å². The maximum atomic E-state index is 11.8. The van der Waals surface area contributed by atoms with Crippen LogP contribution in [0.5, 0.6) is 0 Å². The van der Waals surface area contributed by atoms with Gasteiger partial charge in [-0.05, 0) is 38.5 Å². The molecular weight excluding hydrogens is 242 g/mol. The summed E-state index contributed by atoms with van der Waals surface area (Å²) in [5.41, 5.74) is 0. The van der Waals surface area contributed by atoms with Crippen molar-refractivity contribution >= 4 is 11.8 Å². The molecule has 0 aliphatic carbocycles. The highest BCUT2D eigenvalue weighted by Crippen LogP contribution is 2.32. The smallest absolute Gasteiger partial charge is 0.221 e. The van der Waals surface area contributed by atoms with Crippen LogP contribution in [0.15, 0.2) is 0 Å². The van der Waals surface area contributed by atoms with Crippen LogP contribution in [0.4, 0.5) is 0 Å². The largest absolute Gasteiger partial charge is 0.356 e. The minimum absolute atomic E-state index is 0.00251. The highest BCUT2D eigenvalue weighted by atomic mass is 16.2. The van der Waals surface area contributed by atoms with Gasteiger partial charge in [0, 0.05) is 38.0 Å². The minimum Gasteiger partial charge on any atom is -0.356 e. The Hall–Kier alpha value is -1.10. The summed E-state index contributed by atoms with van der Waals surface area (Å²) < 4.78 is 0. The van der Waals surface area contributed by atoms with E-state index in [9.17, 15) is 9.59 Å². The Morgan fingerprint density at radius 2 is 1.79 bits per heavy atom. The Labute approximate surface area is 114 Å². The van der Waals surface area contributed by atoms with Gasteiger partial charge in [0.1, 0.15) is 0 Å². The summed E-state index contributed by atoms with van der Waals surface area (Å²) in [6.45, 7) is 2.98. The van der Waals surface area contributed by atoms with E-state index in [0.717, 1.165) is 12.8 Å². The molecule has 2 heterocycles. The average Bonchev–Trinajstić information content (AvgIpc) is 2.69. The number of nitrogens with one attached hydrogen (secondary N) is 3. The first-order chi connectivity index (χ1) is 9.17. The fraction of sp³-hybridized carbons (Fsp3) is 0.857. The van der Waals surface area contributed by atoms with Crippen molar-refractivity contribution in [3.8, 4) is 0 Å². The molecule has 2 saturated heterocycles. The minimum atomic E-state index is 0.00251. The van der Waals surface area contributed by atoms with Crippen LogP contribution in [-0.2, 0) is 9.59 Å². The van der Waals surface area contributed by atoms with Gasteiger partial charge in [-0.3, -0.25) is 9.59 Å². The second-order valence-electron chi connectivity index (χ2n) is 5.73. The Balaban J connectivity index is 1.60. The van der Waals surface area contributed by atoms with Crippen LogP contribution in [0.1, 0.15) is 45.4 Å². The summed E-state index contributed by atoms with van der Waals surface area (Å²) in [5.74, 6) is 0.613. The predicted molar refractivity (Wildman–Crippen MR) is 73.6 cm³/mol. The summed E-state index contributed by atoms with van der Waals surface area (Å²) in [6.07, 6.45) is 5.77. The maximum absolute atomic E-state index is 11.8. The van der Waals surface area contributed by atoms with Crippen molar-refractivity contribution in [2.75, 3.05) is 13.1 Å². The van der Waals surface area contributed by atoms with Crippen LogP contribution in [0.2, 0.25) is 0 Å². The summed E-state index contributed by atoms with van der Waals surface area (Å²) in [5, 5.41) is 9.15. The van der Waals surface area contributed by atoms with Crippen LogP contribution in [0, 0.1) is 5.92 Å². The second-order valence-corrected chi connectivity index (χ2v) is 5.73. The first-order valence-electron chi connectivity index (χ1n) is 7.46. The summed E-state index contributed by atoms with van der Waals surface area (Å²) in [4.78, 5) is 23.1. The van der Waals surface area contributed by atoms with Crippen LogP contribution in [0.3, 0.4) is 0 Å². The number of piperidine rings is 1. The Morgan fingerprint density at radius 1 is 1.11 bits per heavy atom. The zero-order valence-electron chi connectivity index (χ0n) is 11.7. The van der Waals surface area contributed by atoms with E-state index in [4.69, 9.17) is 0 Å². The molecule has 2 fully saturated rings. The second kappa shape index (κ2) is 6.89. The number of fused-ring (bicyclic) bond motifs is 2. The summed E-state index contributed by atoms with van der Waals surface area (Å²) in [6, 6.07) is 1.26. The third-order valence-corrected chi connectivity index (χ3v) is 4.09. The highest BCUT2D eigenvalue weighted by molar-refractivity contribution is 5.79. The highest BCUT2D eigenvalue weighted by Gasteiger charge is 2.33. The molecule has 2 atom stereocenters. The van der Waals surface area contributed by atoms with Gasteiger partial charge in [-0.15, -0.1) is 0 Å². The van der Waals surface area contributed by atoms with E-state index < -0.39 is 0 Å². The fourth-order valence-electron chi connectivity index (χ4n) is 3.28. The summed E-state index contributed by atoms with van der Waals surface area (Å²) >= 11 is 0. The lowest BCUT2D eigenvalue weighted by Crippen LogP contribution is -2.40. The molecule has 5 nitrogen and oxygen atoms in total. The maximum Gasteiger partial charge on any atom is 0.221 e. The van der Waals surface area contributed by atoms with Crippen molar-refractivity contribution in [2.45, 2.75) is 57.5 Å². The van der Waals surface area contributed by atoms with E-state index in [-0.39, 0.29) is 11.8 Å². The van der Waals surface area contributed by atoms with Crippen LogP contribution in [-0.4, -0.2) is 37.0 Å². The van der Waals surface area contributed by atoms with E-state index >= 15 is 0 Å². The third-order valence-electron chi connectivity index (χ3n) is 4.09. The molecule has 2 unspecified atom stereocenters. The quantitative estimate of drug-likeness (QED) is 0.658. The number of rotatable bonds is 6. The standard InChI is InChI=1S/C14H25N3O2/c1-2-15-13(18)5-6-16-14(19)9-10-7-11-3-4-12(8-10)17-11/h10-12,17H,2-9H2,1H3,(H,15,18)(H,16,19). The van der Waals surface area contributed by atoms with Crippen LogP contribution >= 0.6 is 0 Å². The van der Waals surface area contributed by atoms with E-state index in [1.54, 1.807) is 0 Å². The van der Waals surface area contributed by atoms with Gasteiger partial charge >= 0.3 is 0 Å². The third kappa shape index (κ3) is 4.49. The molecule has 108 valence electrons. The molecule has 2 aliphatic heterocycles. The Kier molecular flexibility index (Phi) is 5.19. The van der Waals surface area contributed by atoms with Crippen molar-refractivity contribution in [1.82, 2.24) is 16.0 Å². The monoisotopic (exact) mass is 267 g/mol. The van der Waals surface area contributed by atoms with Crippen molar-refractivity contribution in [2.24, 2.45) is 5.92 Å². The van der Waals surface area contributed by atoms with Gasteiger partial charge in [0.05, 0.1) is 0 Å². The van der Waals surface area contributed by atoms with Gasteiger partial charge in [-0.25, -0.2) is 0 Å². The van der Waals surface area contributed by atoms with Crippen molar-refractivity contribution in [1.29, 1.82) is 0 Å². The molecule has 0 aromatic heterocycles. The van der Waals surface area contributed by atoms with Gasteiger partial charge in [0.15, 0.2) is 0 Å². The number of amides is 2. The SMILES string of the molecule is CCNC(=O)CCNC(=O)CC1CC2CCC(C1)N2. The molecule has 2 rings (SSSR count).